The largest absolute Gasteiger partial charge is 0.318 e. The molecule has 0 spiro atoms. The molecule has 0 aromatic carbocycles. The first-order valence-corrected chi connectivity index (χ1v) is 5.52. The van der Waals surface area contributed by atoms with Crippen molar-refractivity contribution in [3.05, 3.63) is 17.5 Å². The SMILES string of the molecule is CCc1nn(C)cc1CN(C)CCNC. The van der Waals surface area contributed by atoms with Crippen molar-refractivity contribution in [2.45, 2.75) is 19.9 Å². The summed E-state index contributed by atoms with van der Waals surface area (Å²) in [6.45, 7) is 5.23. The van der Waals surface area contributed by atoms with Gasteiger partial charge in [-0.2, -0.15) is 5.10 Å². The van der Waals surface area contributed by atoms with E-state index in [9.17, 15) is 0 Å². The van der Waals surface area contributed by atoms with E-state index in [1.165, 1.54) is 11.3 Å². The van der Waals surface area contributed by atoms with E-state index in [4.69, 9.17) is 0 Å². The van der Waals surface area contributed by atoms with E-state index >= 15 is 0 Å². The molecular formula is C11H22N4. The fraction of sp³-hybridized carbons (Fsp3) is 0.727. The van der Waals surface area contributed by atoms with Crippen LogP contribution in [0.3, 0.4) is 0 Å². The quantitative estimate of drug-likeness (QED) is 0.748. The zero-order valence-electron chi connectivity index (χ0n) is 10.2. The Balaban J connectivity index is 2.54. The normalized spacial score (nSPS) is 11.3. The molecule has 0 amide bonds. The zero-order valence-corrected chi connectivity index (χ0v) is 10.2. The molecule has 4 nitrogen and oxygen atoms in total. The number of likely N-dealkylation sites (N-methyl/N-ethyl adjacent to an activating group) is 2. The molecule has 0 aliphatic heterocycles. The number of rotatable bonds is 6. The Kier molecular flexibility index (Phi) is 4.78. The minimum atomic E-state index is 0.985. The molecule has 0 atom stereocenters. The molecule has 0 aliphatic rings. The van der Waals surface area contributed by atoms with Gasteiger partial charge in [0, 0.05) is 38.4 Å². The lowest BCUT2D eigenvalue weighted by Crippen LogP contribution is -2.27. The van der Waals surface area contributed by atoms with Gasteiger partial charge < -0.3 is 10.2 Å². The third kappa shape index (κ3) is 3.64. The summed E-state index contributed by atoms with van der Waals surface area (Å²) < 4.78 is 1.90. The summed E-state index contributed by atoms with van der Waals surface area (Å²) in [4.78, 5) is 2.31. The van der Waals surface area contributed by atoms with Gasteiger partial charge in [-0.25, -0.2) is 0 Å². The zero-order chi connectivity index (χ0) is 11.3. The molecule has 4 heteroatoms. The van der Waals surface area contributed by atoms with Crippen LogP contribution in [0.5, 0.6) is 0 Å². The first kappa shape index (κ1) is 12.2. The number of aryl methyl sites for hydroxylation is 2. The number of aromatic nitrogens is 2. The van der Waals surface area contributed by atoms with Gasteiger partial charge in [0.05, 0.1) is 5.69 Å². The molecule has 0 unspecified atom stereocenters. The highest BCUT2D eigenvalue weighted by atomic mass is 15.3. The van der Waals surface area contributed by atoms with E-state index < -0.39 is 0 Å². The van der Waals surface area contributed by atoms with Crippen molar-refractivity contribution >= 4 is 0 Å². The first-order chi connectivity index (χ1) is 7.17. The van der Waals surface area contributed by atoms with Crippen LogP contribution in [0.2, 0.25) is 0 Å². The number of hydrogen-bond acceptors (Lipinski definition) is 3. The van der Waals surface area contributed by atoms with Gasteiger partial charge in [0.25, 0.3) is 0 Å². The lowest BCUT2D eigenvalue weighted by Gasteiger charge is -2.15. The molecule has 86 valence electrons. The average Bonchev–Trinajstić information content (AvgIpc) is 2.55. The number of nitrogens with zero attached hydrogens (tertiary/aromatic N) is 3. The highest BCUT2D eigenvalue weighted by Gasteiger charge is 2.07. The van der Waals surface area contributed by atoms with E-state index in [0.717, 1.165) is 26.1 Å². The molecule has 1 rings (SSSR count). The predicted octanol–water partition coefficient (Wildman–Crippen LogP) is 0.634. The summed E-state index contributed by atoms with van der Waals surface area (Å²) in [7, 11) is 6.11. The van der Waals surface area contributed by atoms with Gasteiger partial charge in [0.2, 0.25) is 0 Å². The summed E-state index contributed by atoms with van der Waals surface area (Å²) in [5.41, 5.74) is 2.56. The fourth-order valence-electron chi connectivity index (χ4n) is 1.69. The van der Waals surface area contributed by atoms with Gasteiger partial charge in [-0.1, -0.05) is 6.92 Å². The van der Waals surface area contributed by atoms with Crippen molar-refractivity contribution in [2.75, 3.05) is 27.2 Å². The van der Waals surface area contributed by atoms with Gasteiger partial charge in [-0.3, -0.25) is 4.68 Å². The predicted molar refractivity (Wildman–Crippen MR) is 62.8 cm³/mol. The minimum absolute atomic E-state index is 0.985. The van der Waals surface area contributed by atoms with E-state index in [1.54, 1.807) is 0 Å². The Morgan fingerprint density at radius 2 is 2.27 bits per heavy atom. The lowest BCUT2D eigenvalue weighted by atomic mass is 10.2. The monoisotopic (exact) mass is 210 g/mol. The van der Waals surface area contributed by atoms with Gasteiger partial charge in [0.1, 0.15) is 0 Å². The molecular weight excluding hydrogens is 188 g/mol. The molecule has 1 heterocycles. The Morgan fingerprint density at radius 3 is 2.87 bits per heavy atom. The smallest absolute Gasteiger partial charge is 0.0666 e. The summed E-state index contributed by atoms with van der Waals surface area (Å²) in [5, 5.41) is 7.59. The van der Waals surface area contributed by atoms with E-state index in [0.29, 0.717) is 0 Å². The van der Waals surface area contributed by atoms with Crippen molar-refractivity contribution in [2.24, 2.45) is 7.05 Å². The van der Waals surface area contributed by atoms with Crippen molar-refractivity contribution < 1.29 is 0 Å². The second-order valence-electron chi connectivity index (χ2n) is 3.97. The van der Waals surface area contributed by atoms with Crippen LogP contribution in [-0.4, -0.2) is 41.9 Å². The molecule has 0 bridgehead atoms. The molecule has 1 aromatic heterocycles. The van der Waals surface area contributed by atoms with Crippen molar-refractivity contribution in [3.63, 3.8) is 0 Å². The van der Waals surface area contributed by atoms with Crippen LogP contribution < -0.4 is 5.32 Å². The van der Waals surface area contributed by atoms with Crippen LogP contribution in [0, 0.1) is 0 Å². The average molecular weight is 210 g/mol. The van der Waals surface area contributed by atoms with E-state index in [2.05, 4.69) is 35.5 Å². The van der Waals surface area contributed by atoms with Crippen LogP contribution in [0.1, 0.15) is 18.2 Å². The second-order valence-corrected chi connectivity index (χ2v) is 3.97. The summed E-state index contributed by atoms with van der Waals surface area (Å²) in [5.74, 6) is 0. The lowest BCUT2D eigenvalue weighted by molar-refractivity contribution is 0.327. The number of nitrogens with one attached hydrogen (secondary N) is 1. The van der Waals surface area contributed by atoms with Crippen LogP contribution in [0.15, 0.2) is 6.20 Å². The van der Waals surface area contributed by atoms with Crippen molar-refractivity contribution in [1.29, 1.82) is 0 Å². The molecule has 1 N–H and O–H groups in total. The maximum absolute atomic E-state index is 4.44. The Hall–Kier alpha value is -0.870. The third-order valence-corrected chi connectivity index (χ3v) is 2.51. The van der Waals surface area contributed by atoms with Crippen LogP contribution >= 0.6 is 0 Å². The summed E-state index contributed by atoms with van der Waals surface area (Å²) >= 11 is 0. The number of hydrogen-bond donors (Lipinski definition) is 1. The van der Waals surface area contributed by atoms with Crippen LogP contribution in [0.4, 0.5) is 0 Å². The molecule has 0 saturated heterocycles. The first-order valence-electron chi connectivity index (χ1n) is 5.52. The molecule has 15 heavy (non-hydrogen) atoms. The molecule has 0 aliphatic carbocycles. The summed E-state index contributed by atoms with van der Waals surface area (Å²) in [6, 6.07) is 0. The fourth-order valence-corrected chi connectivity index (χ4v) is 1.69. The topological polar surface area (TPSA) is 33.1 Å². The van der Waals surface area contributed by atoms with Crippen LogP contribution in [0.25, 0.3) is 0 Å². The van der Waals surface area contributed by atoms with Crippen molar-refractivity contribution in [3.8, 4) is 0 Å². The highest BCUT2D eigenvalue weighted by Crippen LogP contribution is 2.09. The van der Waals surface area contributed by atoms with Gasteiger partial charge in [-0.05, 0) is 20.5 Å². The second kappa shape index (κ2) is 5.88. The highest BCUT2D eigenvalue weighted by molar-refractivity contribution is 5.16. The van der Waals surface area contributed by atoms with E-state index in [1.807, 2.05) is 18.8 Å². The standard InChI is InChI=1S/C11H22N4/c1-5-11-10(9-15(4)13-11)8-14(3)7-6-12-2/h9,12H,5-8H2,1-4H3. The Morgan fingerprint density at radius 1 is 1.53 bits per heavy atom. The third-order valence-electron chi connectivity index (χ3n) is 2.51. The van der Waals surface area contributed by atoms with E-state index in [-0.39, 0.29) is 0 Å². The Labute approximate surface area is 92.3 Å². The summed E-state index contributed by atoms with van der Waals surface area (Å²) in [6.07, 6.45) is 3.13. The maximum atomic E-state index is 4.44. The molecule has 0 saturated carbocycles. The maximum Gasteiger partial charge on any atom is 0.0666 e. The van der Waals surface area contributed by atoms with Gasteiger partial charge >= 0.3 is 0 Å². The molecule has 0 radical (unpaired) electrons. The molecule has 1 aromatic rings. The minimum Gasteiger partial charge on any atom is -0.318 e. The molecule has 0 fully saturated rings. The van der Waals surface area contributed by atoms with Gasteiger partial charge in [-0.15, -0.1) is 0 Å². The van der Waals surface area contributed by atoms with Crippen molar-refractivity contribution in [1.82, 2.24) is 20.0 Å². The van der Waals surface area contributed by atoms with Gasteiger partial charge in [0.15, 0.2) is 0 Å². The Bertz CT molecular complexity index is 293. The van der Waals surface area contributed by atoms with Crippen LogP contribution in [-0.2, 0) is 20.0 Å².